The van der Waals surface area contributed by atoms with E-state index in [4.69, 9.17) is 0 Å². The minimum Gasteiger partial charge on any atom is -0.318 e. The van der Waals surface area contributed by atoms with E-state index in [0.29, 0.717) is 0 Å². The van der Waals surface area contributed by atoms with E-state index in [0.717, 1.165) is 17.2 Å². The third-order valence-corrected chi connectivity index (χ3v) is 2.66. The van der Waals surface area contributed by atoms with Gasteiger partial charge in [0.05, 0.1) is 5.56 Å². The molecule has 1 aromatic heterocycles. The average molecular weight is 251 g/mol. The van der Waals surface area contributed by atoms with Crippen molar-refractivity contribution < 1.29 is 18.8 Å². The third kappa shape index (κ3) is 2.20. The molecule has 0 aromatic carbocycles. The first-order valence-corrected chi connectivity index (χ1v) is 5.25. The summed E-state index contributed by atoms with van der Waals surface area (Å²) in [6, 6.07) is 1.55. The van der Waals surface area contributed by atoms with Crippen LogP contribution in [-0.4, -0.2) is 40.2 Å². The number of piperazine rings is 1. The zero-order valence-corrected chi connectivity index (χ0v) is 9.51. The molecule has 1 atom stereocenters. The number of carbonyl (C=O) groups excluding carboxylic acids is 3. The number of halogens is 1. The fourth-order valence-electron chi connectivity index (χ4n) is 1.63. The Bertz CT molecular complexity index is 515. The van der Waals surface area contributed by atoms with Gasteiger partial charge in [0.2, 0.25) is 17.8 Å². The van der Waals surface area contributed by atoms with Crippen LogP contribution in [0.25, 0.3) is 0 Å². The predicted molar refractivity (Wildman–Crippen MR) is 57.8 cm³/mol. The zero-order chi connectivity index (χ0) is 13.3. The molecule has 0 saturated carbocycles. The maximum absolute atomic E-state index is 12.6. The van der Waals surface area contributed by atoms with Crippen LogP contribution in [0.15, 0.2) is 18.3 Å². The van der Waals surface area contributed by atoms with E-state index in [2.05, 4.69) is 10.3 Å². The SMILES string of the molecule is CC1C(=O)NC(=O)CN1C(=O)c1ccc(F)nc1. The van der Waals surface area contributed by atoms with Gasteiger partial charge in [-0.2, -0.15) is 4.39 Å². The second kappa shape index (κ2) is 4.52. The van der Waals surface area contributed by atoms with Crippen LogP contribution in [0.1, 0.15) is 17.3 Å². The lowest BCUT2D eigenvalue weighted by Gasteiger charge is -2.31. The van der Waals surface area contributed by atoms with Crippen LogP contribution in [0.2, 0.25) is 0 Å². The van der Waals surface area contributed by atoms with Crippen molar-refractivity contribution in [1.82, 2.24) is 15.2 Å². The van der Waals surface area contributed by atoms with E-state index < -0.39 is 29.7 Å². The van der Waals surface area contributed by atoms with Crippen molar-refractivity contribution >= 4 is 17.7 Å². The first kappa shape index (κ1) is 12.2. The number of hydrogen-bond acceptors (Lipinski definition) is 4. The minimum absolute atomic E-state index is 0.130. The number of imide groups is 1. The smallest absolute Gasteiger partial charge is 0.256 e. The number of nitrogens with zero attached hydrogens (tertiary/aromatic N) is 2. The number of carbonyl (C=O) groups is 3. The number of amides is 3. The van der Waals surface area contributed by atoms with Gasteiger partial charge in [-0.15, -0.1) is 0 Å². The van der Waals surface area contributed by atoms with E-state index in [-0.39, 0.29) is 12.1 Å². The number of hydrogen-bond donors (Lipinski definition) is 1. The Morgan fingerprint density at radius 2 is 2.22 bits per heavy atom. The Labute approximate surface area is 102 Å². The first-order valence-electron chi connectivity index (χ1n) is 5.25. The second-order valence-electron chi connectivity index (χ2n) is 3.89. The zero-order valence-electron chi connectivity index (χ0n) is 9.51. The molecule has 6 nitrogen and oxygen atoms in total. The summed E-state index contributed by atoms with van der Waals surface area (Å²) in [5, 5.41) is 2.13. The van der Waals surface area contributed by atoms with Crippen LogP contribution in [0, 0.1) is 5.95 Å². The molecule has 18 heavy (non-hydrogen) atoms. The van der Waals surface area contributed by atoms with Gasteiger partial charge in [-0.1, -0.05) is 0 Å². The molecule has 1 unspecified atom stereocenters. The Kier molecular flexibility index (Phi) is 3.05. The second-order valence-corrected chi connectivity index (χ2v) is 3.89. The lowest BCUT2D eigenvalue weighted by atomic mass is 10.1. The van der Waals surface area contributed by atoms with Crippen LogP contribution in [0.5, 0.6) is 0 Å². The molecular formula is C11H10FN3O3. The highest BCUT2D eigenvalue weighted by molar-refractivity contribution is 6.06. The summed E-state index contributed by atoms with van der Waals surface area (Å²) in [7, 11) is 0. The molecule has 0 spiro atoms. The molecule has 1 aliphatic heterocycles. The summed E-state index contributed by atoms with van der Waals surface area (Å²) in [4.78, 5) is 39.1. The topological polar surface area (TPSA) is 79.4 Å². The van der Waals surface area contributed by atoms with Crippen molar-refractivity contribution in [2.75, 3.05) is 6.54 Å². The Balaban J connectivity index is 2.24. The van der Waals surface area contributed by atoms with Gasteiger partial charge in [-0.3, -0.25) is 19.7 Å². The maximum atomic E-state index is 12.6. The first-order chi connectivity index (χ1) is 8.49. The molecule has 1 aromatic rings. The number of pyridine rings is 1. The Morgan fingerprint density at radius 3 is 2.83 bits per heavy atom. The van der Waals surface area contributed by atoms with Gasteiger partial charge in [0.1, 0.15) is 12.6 Å². The molecule has 1 N–H and O–H groups in total. The lowest BCUT2D eigenvalue weighted by molar-refractivity contribution is -0.138. The molecule has 94 valence electrons. The minimum atomic E-state index is -0.750. The van der Waals surface area contributed by atoms with Crippen LogP contribution in [0.4, 0.5) is 4.39 Å². The highest BCUT2D eigenvalue weighted by Gasteiger charge is 2.33. The standard InChI is InChI=1S/C11H10FN3O3/c1-6-10(17)14-9(16)5-15(6)11(18)7-2-3-8(12)13-4-7/h2-4,6H,5H2,1H3,(H,14,16,17). The molecule has 3 amide bonds. The van der Waals surface area contributed by atoms with Gasteiger partial charge in [-0.05, 0) is 19.1 Å². The quantitative estimate of drug-likeness (QED) is 0.549. The number of aromatic nitrogens is 1. The molecule has 7 heteroatoms. The summed E-state index contributed by atoms with van der Waals surface area (Å²) in [5.74, 6) is -2.30. The number of rotatable bonds is 1. The highest BCUT2D eigenvalue weighted by Crippen LogP contribution is 2.11. The van der Waals surface area contributed by atoms with E-state index in [9.17, 15) is 18.8 Å². The van der Waals surface area contributed by atoms with E-state index in [1.165, 1.54) is 13.0 Å². The van der Waals surface area contributed by atoms with Crippen molar-refractivity contribution in [3.8, 4) is 0 Å². The van der Waals surface area contributed by atoms with E-state index in [1.807, 2.05) is 0 Å². The van der Waals surface area contributed by atoms with Gasteiger partial charge >= 0.3 is 0 Å². The van der Waals surface area contributed by atoms with Crippen molar-refractivity contribution in [2.24, 2.45) is 0 Å². The van der Waals surface area contributed by atoms with Crippen molar-refractivity contribution in [3.63, 3.8) is 0 Å². The van der Waals surface area contributed by atoms with Crippen molar-refractivity contribution in [2.45, 2.75) is 13.0 Å². The van der Waals surface area contributed by atoms with Gasteiger partial charge in [-0.25, -0.2) is 4.98 Å². The number of nitrogens with one attached hydrogen (secondary N) is 1. The Morgan fingerprint density at radius 1 is 1.50 bits per heavy atom. The van der Waals surface area contributed by atoms with E-state index >= 15 is 0 Å². The summed E-state index contributed by atoms with van der Waals surface area (Å²) in [5.41, 5.74) is 0.130. The van der Waals surface area contributed by atoms with Crippen LogP contribution < -0.4 is 5.32 Å². The van der Waals surface area contributed by atoms with Gasteiger partial charge in [0.15, 0.2) is 0 Å². The predicted octanol–water partition coefficient (Wildman–Crippen LogP) is -0.292. The summed E-state index contributed by atoms with van der Waals surface area (Å²) in [6.07, 6.45) is 1.07. The maximum Gasteiger partial charge on any atom is 0.256 e. The molecule has 2 heterocycles. The summed E-state index contributed by atoms with van der Waals surface area (Å²) < 4.78 is 12.6. The molecule has 0 aliphatic carbocycles. The van der Waals surface area contributed by atoms with Crippen molar-refractivity contribution in [3.05, 3.63) is 29.8 Å². The Hall–Kier alpha value is -2.31. The molecule has 1 fully saturated rings. The van der Waals surface area contributed by atoms with Crippen LogP contribution in [0.3, 0.4) is 0 Å². The summed E-state index contributed by atoms with van der Waals surface area (Å²) >= 11 is 0. The largest absolute Gasteiger partial charge is 0.318 e. The summed E-state index contributed by atoms with van der Waals surface area (Å²) in [6.45, 7) is 1.31. The lowest BCUT2D eigenvalue weighted by Crippen LogP contribution is -2.58. The highest BCUT2D eigenvalue weighted by atomic mass is 19.1. The van der Waals surface area contributed by atoms with Gasteiger partial charge < -0.3 is 4.90 Å². The normalized spacial score (nSPS) is 19.7. The molecule has 2 rings (SSSR count). The average Bonchev–Trinajstić information content (AvgIpc) is 2.34. The molecule has 1 saturated heterocycles. The van der Waals surface area contributed by atoms with Crippen LogP contribution >= 0.6 is 0 Å². The molecule has 0 radical (unpaired) electrons. The fraction of sp³-hybridized carbons (Fsp3) is 0.273. The molecular weight excluding hydrogens is 241 g/mol. The molecule has 0 bridgehead atoms. The van der Waals surface area contributed by atoms with E-state index in [1.54, 1.807) is 0 Å². The van der Waals surface area contributed by atoms with Crippen LogP contribution in [-0.2, 0) is 9.59 Å². The van der Waals surface area contributed by atoms with Crippen molar-refractivity contribution in [1.29, 1.82) is 0 Å². The van der Waals surface area contributed by atoms with Gasteiger partial charge in [0, 0.05) is 6.20 Å². The fourth-order valence-corrected chi connectivity index (χ4v) is 1.63. The third-order valence-electron chi connectivity index (χ3n) is 2.66. The molecule has 1 aliphatic rings. The monoisotopic (exact) mass is 251 g/mol. The van der Waals surface area contributed by atoms with Gasteiger partial charge in [0.25, 0.3) is 5.91 Å².